The van der Waals surface area contributed by atoms with Crippen molar-refractivity contribution in [3.8, 4) is 0 Å². The first-order valence-corrected chi connectivity index (χ1v) is 10.8. The summed E-state index contributed by atoms with van der Waals surface area (Å²) in [6.07, 6.45) is 4.69. The average Bonchev–Trinajstić information content (AvgIpc) is 3.23. The molecule has 4 heterocycles. The van der Waals surface area contributed by atoms with Crippen LogP contribution in [0.4, 0.5) is 23.0 Å². The summed E-state index contributed by atoms with van der Waals surface area (Å²) in [7, 11) is 0. The van der Waals surface area contributed by atoms with Crippen molar-refractivity contribution < 1.29 is 4.79 Å². The molecule has 10 heteroatoms. The van der Waals surface area contributed by atoms with Gasteiger partial charge in [0.2, 0.25) is 0 Å². The van der Waals surface area contributed by atoms with E-state index in [1.807, 2.05) is 31.2 Å². The van der Waals surface area contributed by atoms with Crippen LogP contribution in [0.5, 0.6) is 0 Å². The first kappa shape index (κ1) is 20.1. The molecule has 0 aliphatic rings. The van der Waals surface area contributed by atoms with Gasteiger partial charge in [-0.15, -0.1) is 11.3 Å². The monoisotopic (exact) mass is 461 g/mol. The fourth-order valence-corrected chi connectivity index (χ4v) is 4.44. The molecule has 0 aliphatic heterocycles. The van der Waals surface area contributed by atoms with Crippen molar-refractivity contribution in [1.82, 2.24) is 19.9 Å². The standard InChI is InChI=1S/C22H16ClN7OS/c1-11-2-4-14-13(6-7-25-21(14)29-12-3-5-16(23)26-8-12)17(11)30-22(31)15-9-32-19-18(15)27-10-28-20(19)24/h2-10H,1H3,(H,25,29)(H,30,31)(H2,24,27,28). The molecule has 4 N–H and O–H groups in total. The highest BCUT2D eigenvalue weighted by Gasteiger charge is 2.18. The number of hydrogen-bond donors (Lipinski definition) is 3. The minimum absolute atomic E-state index is 0.266. The lowest BCUT2D eigenvalue weighted by molar-refractivity contribution is 0.102. The molecule has 0 spiro atoms. The van der Waals surface area contributed by atoms with Crippen molar-refractivity contribution in [1.29, 1.82) is 0 Å². The van der Waals surface area contributed by atoms with Gasteiger partial charge in [0.1, 0.15) is 23.1 Å². The van der Waals surface area contributed by atoms with E-state index in [0.717, 1.165) is 22.0 Å². The summed E-state index contributed by atoms with van der Waals surface area (Å²) in [5.74, 6) is 0.737. The summed E-state index contributed by atoms with van der Waals surface area (Å²) in [4.78, 5) is 29.9. The molecule has 0 radical (unpaired) electrons. The van der Waals surface area contributed by atoms with Gasteiger partial charge in [-0.05, 0) is 30.7 Å². The predicted molar refractivity (Wildman–Crippen MR) is 129 cm³/mol. The third kappa shape index (κ3) is 3.57. The SMILES string of the molecule is Cc1ccc2c(Nc3ccc(Cl)nc3)nccc2c1NC(=O)c1csc2c(N)ncnc12. The molecule has 1 aromatic carbocycles. The van der Waals surface area contributed by atoms with Crippen molar-refractivity contribution in [3.63, 3.8) is 0 Å². The van der Waals surface area contributed by atoms with Gasteiger partial charge in [0.15, 0.2) is 0 Å². The van der Waals surface area contributed by atoms with E-state index < -0.39 is 0 Å². The van der Waals surface area contributed by atoms with Crippen molar-refractivity contribution in [2.75, 3.05) is 16.4 Å². The number of anilines is 4. The maximum Gasteiger partial charge on any atom is 0.258 e. The lowest BCUT2D eigenvalue weighted by Crippen LogP contribution is -2.13. The number of benzene rings is 1. The minimum Gasteiger partial charge on any atom is -0.382 e. The summed E-state index contributed by atoms with van der Waals surface area (Å²) in [6.45, 7) is 1.94. The van der Waals surface area contributed by atoms with E-state index in [9.17, 15) is 4.79 Å². The molecular weight excluding hydrogens is 446 g/mol. The number of aryl methyl sites for hydroxylation is 1. The van der Waals surface area contributed by atoms with Crippen LogP contribution in [0.2, 0.25) is 5.15 Å². The fourth-order valence-electron chi connectivity index (χ4n) is 3.43. The Morgan fingerprint density at radius 2 is 1.94 bits per heavy atom. The van der Waals surface area contributed by atoms with E-state index in [0.29, 0.717) is 38.3 Å². The highest BCUT2D eigenvalue weighted by atomic mass is 35.5. The molecule has 0 saturated carbocycles. The highest BCUT2D eigenvalue weighted by Crippen LogP contribution is 2.33. The molecule has 0 unspecified atom stereocenters. The van der Waals surface area contributed by atoms with Crippen molar-refractivity contribution >= 4 is 72.8 Å². The molecule has 32 heavy (non-hydrogen) atoms. The zero-order valence-electron chi connectivity index (χ0n) is 16.8. The van der Waals surface area contributed by atoms with Gasteiger partial charge in [-0.1, -0.05) is 23.7 Å². The minimum atomic E-state index is -0.266. The van der Waals surface area contributed by atoms with Gasteiger partial charge in [0.25, 0.3) is 5.91 Å². The molecule has 0 atom stereocenters. The van der Waals surface area contributed by atoms with Crippen LogP contribution >= 0.6 is 22.9 Å². The van der Waals surface area contributed by atoms with Gasteiger partial charge in [-0.3, -0.25) is 4.79 Å². The largest absolute Gasteiger partial charge is 0.382 e. The predicted octanol–water partition coefficient (Wildman–Crippen LogP) is 5.17. The van der Waals surface area contributed by atoms with E-state index in [4.69, 9.17) is 17.3 Å². The van der Waals surface area contributed by atoms with Crippen LogP contribution in [0.1, 0.15) is 15.9 Å². The van der Waals surface area contributed by atoms with E-state index in [1.165, 1.54) is 17.7 Å². The van der Waals surface area contributed by atoms with Gasteiger partial charge < -0.3 is 16.4 Å². The fraction of sp³-hybridized carbons (Fsp3) is 0.0455. The number of amides is 1. The van der Waals surface area contributed by atoms with E-state index in [1.54, 1.807) is 23.8 Å². The first-order valence-electron chi connectivity index (χ1n) is 9.57. The Balaban J connectivity index is 1.53. The Morgan fingerprint density at radius 1 is 1.06 bits per heavy atom. The summed E-state index contributed by atoms with van der Waals surface area (Å²) in [5, 5.41) is 10.2. The normalized spacial score (nSPS) is 11.1. The highest BCUT2D eigenvalue weighted by molar-refractivity contribution is 7.18. The molecule has 0 fully saturated rings. The number of halogens is 1. The Kier molecular flexibility index (Phi) is 5.04. The molecule has 1 amide bonds. The van der Waals surface area contributed by atoms with Crippen LogP contribution < -0.4 is 16.4 Å². The van der Waals surface area contributed by atoms with Crippen molar-refractivity contribution in [3.05, 3.63) is 70.7 Å². The van der Waals surface area contributed by atoms with Crippen LogP contribution in [0.3, 0.4) is 0 Å². The lowest BCUT2D eigenvalue weighted by atomic mass is 10.1. The maximum atomic E-state index is 13.1. The average molecular weight is 462 g/mol. The molecule has 0 saturated heterocycles. The van der Waals surface area contributed by atoms with E-state index >= 15 is 0 Å². The Morgan fingerprint density at radius 3 is 2.75 bits per heavy atom. The number of nitrogens with one attached hydrogen (secondary N) is 2. The second-order valence-electron chi connectivity index (χ2n) is 7.05. The quantitative estimate of drug-likeness (QED) is 0.316. The summed E-state index contributed by atoms with van der Waals surface area (Å²) < 4.78 is 0.694. The molecular formula is C22H16ClN7OS. The lowest BCUT2D eigenvalue weighted by Gasteiger charge is -2.14. The number of nitrogen functional groups attached to an aromatic ring is 1. The maximum absolute atomic E-state index is 13.1. The molecule has 8 nitrogen and oxygen atoms in total. The van der Waals surface area contributed by atoms with E-state index in [2.05, 4.69) is 30.6 Å². The molecule has 0 aliphatic carbocycles. The third-order valence-corrected chi connectivity index (χ3v) is 6.22. The number of hydrogen-bond acceptors (Lipinski definition) is 8. The first-order chi connectivity index (χ1) is 15.5. The van der Waals surface area contributed by atoms with Crippen LogP contribution in [-0.4, -0.2) is 25.8 Å². The zero-order valence-corrected chi connectivity index (χ0v) is 18.3. The van der Waals surface area contributed by atoms with Crippen LogP contribution in [0.25, 0.3) is 21.0 Å². The van der Waals surface area contributed by atoms with Gasteiger partial charge in [0.05, 0.1) is 33.4 Å². The number of nitrogens with two attached hydrogens (primary N) is 1. The molecule has 5 aromatic rings. The number of pyridine rings is 2. The van der Waals surface area contributed by atoms with E-state index in [-0.39, 0.29) is 5.91 Å². The molecule has 5 rings (SSSR count). The topological polar surface area (TPSA) is 119 Å². The molecule has 158 valence electrons. The van der Waals surface area contributed by atoms with Crippen LogP contribution in [0, 0.1) is 6.92 Å². The number of aromatic nitrogens is 4. The second-order valence-corrected chi connectivity index (χ2v) is 8.31. The second kappa shape index (κ2) is 8.03. The van der Waals surface area contributed by atoms with Gasteiger partial charge in [-0.25, -0.2) is 19.9 Å². The zero-order chi connectivity index (χ0) is 22.2. The van der Waals surface area contributed by atoms with Gasteiger partial charge >= 0.3 is 0 Å². The summed E-state index contributed by atoms with van der Waals surface area (Å²) >= 11 is 7.22. The smallest absolute Gasteiger partial charge is 0.258 e. The molecule has 0 bridgehead atoms. The summed E-state index contributed by atoms with van der Waals surface area (Å²) in [6, 6.07) is 9.30. The van der Waals surface area contributed by atoms with Crippen LogP contribution in [-0.2, 0) is 0 Å². The van der Waals surface area contributed by atoms with Crippen molar-refractivity contribution in [2.24, 2.45) is 0 Å². The molecule has 4 aromatic heterocycles. The number of thiophene rings is 1. The Hall–Kier alpha value is -3.82. The number of rotatable bonds is 4. The van der Waals surface area contributed by atoms with Gasteiger partial charge in [-0.2, -0.15) is 0 Å². The van der Waals surface area contributed by atoms with Crippen molar-refractivity contribution in [2.45, 2.75) is 6.92 Å². The number of fused-ring (bicyclic) bond motifs is 2. The van der Waals surface area contributed by atoms with Gasteiger partial charge in [0, 0.05) is 22.3 Å². The number of carbonyl (C=O) groups excluding carboxylic acids is 1. The Bertz CT molecular complexity index is 1480. The Labute approximate surface area is 191 Å². The number of nitrogens with zero attached hydrogens (tertiary/aromatic N) is 4. The number of carbonyl (C=O) groups is 1. The third-order valence-electron chi connectivity index (χ3n) is 5.01. The van der Waals surface area contributed by atoms with Crippen LogP contribution in [0.15, 0.2) is 54.4 Å². The summed E-state index contributed by atoms with van der Waals surface area (Å²) in [5.41, 5.74) is 9.28.